The molecule has 2 aliphatic heterocycles. The van der Waals surface area contributed by atoms with Crippen molar-refractivity contribution >= 4 is 40.7 Å². The molecule has 0 aliphatic carbocycles. The summed E-state index contributed by atoms with van der Waals surface area (Å²) in [7, 11) is 3.06. The molecule has 1 unspecified atom stereocenters. The van der Waals surface area contributed by atoms with Gasteiger partial charge in [0.15, 0.2) is 0 Å². The summed E-state index contributed by atoms with van der Waals surface area (Å²) >= 11 is 1.21. The molecule has 0 saturated carbocycles. The van der Waals surface area contributed by atoms with Crippen molar-refractivity contribution in [3.05, 3.63) is 35.4 Å². The number of carbonyl (C=O) groups excluding carboxylic acids is 3. The first-order valence-electron chi connectivity index (χ1n) is 8.95. The fraction of sp³-hybridized carbons (Fsp3) is 0.421. The summed E-state index contributed by atoms with van der Waals surface area (Å²) in [6.45, 7) is 4.50. The number of rotatable bonds is 5. The first-order chi connectivity index (χ1) is 13.3. The van der Waals surface area contributed by atoms with Gasteiger partial charge < -0.3 is 4.74 Å². The van der Waals surface area contributed by atoms with E-state index in [1.807, 2.05) is 35.8 Å². The molecular weight excluding hydrogens is 380 g/mol. The Kier molecular flexibility index (Phi) is 5.83. The molecule has 1 aromatic carbocycles. The van der Waals surface area contributed by atoms with Gasteiger partial charge in [-0.3, -0.25) is 19.4 Å². The predicted molar refractivity (Wildman–Crippen MR) is 106 cm³/mol. The zero-order chi connectivity index (χ0) is 20.4. The van der Waals surface area contributed by atoms with E-state index in [-0.39, 0.29) is 17.6 Å². The number of ether oxygens (including phenoxy) is 1. The maximum absolute atomic E-state index is 12.8. The van der Waals surface area contributed by atoms with Crippen LogP contribution in [0.5, 0.6) is 0 Å². The van der Waals surface area contributed by atoms with Crippen LogP contribution in [0, 0.1) is 6.92 Å². The van der Waals surface area contributed by atoms with Crippen LogP contribution in [-0.4, -0.2) is 75.8 Å². The van der Waals surface area contributed by atoms with Gasteiger partial charge in [0.25, 0.3) is 17.8 Å². The summed E-state index contributed by atoms with van der Waals surface area (Å²) in [6.07, 6.45) is 0. The van der Waals surface area contributed by atoms with Gasteiger partial charge in [-0.05, 0) is 36.2 Å². The molecule has 3 amide bonds. The van der Waals surface area contributed by atoms with Crippen molar-refractivity contribution in [3.8, 4) is 0 Å². The van der Waals surface area contributed by atoms with Crippen LogP contribution in [0.2, 0.25) is 0 Å². The van der Waals surface area contributed by atoms with E-state index in [0.717, 1.165) is 16.0 Å². The molecule has 1 aromatic rings. The SMILES string of the molecule is CCOC(=O)CSC1=[N+](Cc2ccc(C)cc2)C2C(=O)N(C)C(=O)N(C)C2=N1. The van der Waals surface area contributed by atoms with Crippen molar-refractivity contribution in [1.29, 1.82) is 0 Å². The largest absolute Gasteiger partial charge is 0.465 e. The van der Waals surface area contributed by atoms with E-state index < -0.39 is 12.1 Å². The first kappa shape index (κ1) is 20.1. The molecule has 0 bridgehead atoms. The highest BCUT2D eigenvalue weighted by molar-refractivity contribution is 8.14. The average molecular weight is 403 g/mol. The normalized spacial score (nSPS) is 19.1. The predicted octanol–water partition coefficient (Wildman–Crippen LogP) is 1.46. The molecular formula is C19H23N4O4S+. The topological polar surface area (TPSA) is 82.3 Å². The number of hydrogen-bond donors (Lipinski definition) is 0. The molecule has 1 fully saturated rings. The van der Waals surface area contributed by atoms with Gasteiger partial charge in [0, 0.05) is 14.1 Å². The minimum absolute atomic E-state index is 0.0821. The standard InChI is InChI=1S/C19H23N4O4S/c1-5-27-14(24)11-28-18-20-16-15(17(25)22(4)19(26)21(16)3)23(18)10-13-8-6-12(2)7-9-13/h6-9,15H,5,10-11H2,1-4H3/q+1. The number of amidine groups is 2. The third-order valence-corrected chi connectivity index (χ3v) is 5.56. The molecule has 148 valence electrons. The number of thioether (sulfide) groups is 1. The molecule has 0 aromatic heterocycles. The lowest BCUT2D eigenvalue weighted by Crippen LogP contribution is -2.61. The molecule has 0 N–H and O–H groups in total. The number of esters is 1. The number of aryl methyl sites for hydroxylation is 1. The first-order valence-corrected chi connectivity index (χ1v) is 9.93. The fourth-order valence-electron chi connectivity index (χ4n) is 3.07. The number of imide groups is 1. The number of benzene rings is 1. The number of urea groups is 1. The third-order valence-electron chi connectivity index (χ3n) is 4.59. The van der Waals surface area contributed by atoms with Gasteiger partial charge in [-0.2, -0.15) is 0 Å². The summed E-state index contributed by atoms with van der Waals surface area (Å²) in [5, 5.41) is 0.525. The highest BCUT2D eigenvalue weighted by Crippen LogP contribution is 2.24. The Labute approximate surface area is 167 Å². The van der Waals surface area contributed by atoms with Crippen molar-refractivity contribution in [3.63, 3.8) is 0 Å². The molecule has 9 heteroatoms. The van der Waals surface area contributed by atoms with Crippen LogP contribution in [0.25, 0.3) is 0 Å². The molecule has 2 aliphatic rings. The maximum atomic E-state index is 12.8. The van der Waals surface area contributed by atoms with Crippen molar-refractivity contribution in [2.45, 2.75) is 26.4 Å². The average Bonchev–Trinajstić information content (AvgIpc) is 3.03. The van der Waals surface area contributed by atoms with Crippen LogP contribution in [0.15, 0.2) is 29.3 Å². The van der Waals surface area contributed by atoms with Crippen molar-refractivity contribution in [2.75, 3.05) is 26.5 Å². The maximum Gasteiger partial charge on any atom is 0.358 e. The monoisotopic (exact) mass is 403 g/mol. The molecule has 28 heavy (non-hydrogen) atoms. The van der Waals surface area contributed by atoms with Gasteiger partial charge in [0.05, 0.1) is 6.61 Å². The minimum Gasteiger partial charge on any atom is -0.465 e. The number of amides is 3. The molecule has 8 nitrogen and oxygen atoms in total. The Balaban J connectivity index is 1.94. The highest BCUT2D eigenvalue weighted by atomic mass is 32.2. The van der Waals surface area contributed by atoms with Gasteiger partial charge >= 0.3 is 17.2 Å². The summed E-state index contributed by atoms with van der Waals surface area (Å²) in [5.74, 6) is -0.218. The van der Waals surface area contributed by atoms with E-state index in [9.17, 15) is 14.4 Å². The quantitative estimate of drug-likeness (QED) is 0.549. The van der Waals surface area contributed by atoms with Crippen molar-refractivity contribution in [1.82, 2.24) is 9.80 Å². The Hall–Kier alpha value is -2.68. The van der Waals surface area contributed by atoms with Crippen LogP contribution < -0.4 is 0 Å². The Morgan fingerprint density at radius 2 is 1.89 bits per heavy atom. The van der Waals surface area contributed by atoms with E-state index in [1.54, 1.807) is 14.0 Å². The van der Waals surface area contributed by atoms with Crippen LogP contribution in [0.4, 0.5) is 4.79 Å². The smallest absolute Gasteiger partial charge is 0.358 e. The second-order valence-electron chi connectivity index (χ2n) is 6.60. The van der Waals surface area contributed by atoms with E-state index in [1.165, 1.54) is 23.7 Å². The summed E-state index contributed by atoms with van der Waals surface area (Å²) in [4.78, 5) is 43.9. The second kappa shape index (κ2) is 8.14. The van der Waals surface area contributed by atoms with Crippen LogP contribution in [0.3, 0.4) is 0 Å². The summed E-state index contributed by atoms with van der Waals surface area (Å²) in [6, 6.07) is 6.87. The number of likely N-dealkylation sites (N-methyl/N-ethyl adjacent to an activating group) is 2. The van der Waals surface area contributed by atoms with Crippen molar-refractivity contribution < 1.29 is 23.7 Å². The second-order valence-corrected chi connectivity index (χ2v) is 7.54. The van der Waals surface area contributed by atoms with Gasteiger partial charge in [-0.25, -0.2) is 9.37 Å². The molecule has 2 heterocycles. The number of nitrogens with zero attached hydrogens (tertiary/aromatic N) is 4. The molecule has 0 spiro atoms. The Morgan fingerprint density at radius 3 is 2.54 bits per heavy atom. The molecule has 1 atom stereocenters. The zero-order valence-electron chi connectivity index (χ0n) is 16.3. The van der Waals surface area contributed by atoms with Crippen LogP contribution in [-0.2, 0) is 20.9 Å². The Morgan fingerprint density at radius 1 is 1.21 bits per heavy atom. The number of fused-ring (bicyclic) bond motifs is 1. The van der Waals surface area contributed by atoms with E-state index in [0.29, 0.717) is 24.2 Å². The van der Waals surface area contributed by atoms with Gasteiger partial charge in [-0.1, -0.05) is 29.8 Å². The number of aliphatic imine (C=N–C) groups is 1. The molecule has 3 rings (SSSR count). The minimum atomic E-state index is -0.696. The van der Waals surface area contributed by atoms with Crippen LogP contribution >= 0.6 is 11.8 Å². The lowest BCUT2D eigenvalue weighted by molar-refractivity contribution is -0.548. The number of hydrogen-bond acceptors (Lipinski definition) is 6. The zero-order valence-corrected chi connectivity index (χ0v) is 17.2. The van der Waals surface area contributed by atoms with Crippen molar-refractivity contribution in [2.24, 2.45) is 4.99 Å². The highest BCUT2D eigenvalue weighted by Gasteiger charge is 2.53. The van der Waals surface area contributed by atoms with E-state index >= 15 is 0 Å². The van der Waals surface area contributed by atoms with Gasteiger partial charge in [-0.15, -0.1) is 0 Å². The molecule has 0 radical (unpaired) electrons. The Bertz CT molecular complexity index is 878. The van der Waals surface area contributed by atoms with Gasteiger partial charge in [0.1, 0.15) is 12.3 Å². The molecule has 1 saturated heterocycles. The fourth-order valence-corrected chi connectivity index (χ4v) is 3.89. The van der Waals surface area contributed by atoms with Gasteiger partial charge in [0.2, 0.25) is 0 Å². The van der Waals surface area contributed by atoms with E-state index in [2.05, 4.69) is 4.99 Å². The number of carbonyl (C=O) groups is 3. The third kappa shape index (κ3) is 3.80. The lowest BCUT2D eigenvalue weighted by atomic mass is 10.1. The summed E-state index contributed by atoms with van der Waals surface area (Å²) < 4.78 is 6.82. The van der Waals surface area contributed by atoms with Crippen LogP contribution in [0.1, 0.15) is 18.1 Å². The lowest BCUT2D eigenvalue weighted by Gasteiger charge is -2.30. The summed E-state index contributed by atoms with van der Waals surface area (Å²) in [5.41, 5.74) is 2.15. The van der Waals surface area contributed by atoms with E-state index in [4.69, 9.17) is 4.74 Å².